The van der Waals surface area contributed by atoms with Crippen molar-refractivity contribution in [3.8, 4) is 5.75 Å². The van der Waals surface area contributed by atoms with E-state index in [1.165, 1.54) is 19.1 Å². The molecular formula is C32H43ClN2O9. The number of ether oxygens (including phenoxy) is 5. The molecule has 1 aromatic carbocycles. The van der Waals surface area contributed by atoms with Gasteiger partial charge in [-0.2, -0.15) is 0 Å². The van der Waals surface area contributed by atoms with Crippen molar-refractivity contribution in [1.29, 1.82) is 0 Å². The van der Waals surface area contributed by atoms with Gasteiger partial charge in [0.15, 0.2) is 5.72 Å². The number of benzene rings is 1. The average Bonchev–Trinajstić information content (AvgIpc) is 3.66. The number of halogens is 1. The third kappa shape index (κ3) is 6.91. The molecule has 0 aliphatic carbocycles. The Morgan fingerprint density at radius 3 is 2.59 bits per heavy atom. The van der Waals surface area contributed by atoms with E-state index in [-0.39, 0.29) is 23.8 Å². The Morgan fingerprint density at radius 1 is 1.25 bits per heavy atom. The van der Waals surface area contributed by atoms with Crippen molar-refractivity contribution < 1.29 is 43.2 Å². The summed E-state index contributed by atoms with van der Waals surface area (Å²) in [7, 11) is 4.56. The zero-order valence-corrected chi connectivity index (χ0v) is 27.3. The van der Waals surface area contributed by atoms with Gasteiger partial charge in [-0.1, -0.05) is 56.2 Å². The summed E-state index contributed by atoms with van der Waals surface area (Å²) < 4.78 is 28.8. The van der Waals surface area contributed by atoms with Crippen LogP contribution in [0.2, 0.25) is 5.02 Å². The molecule has 2 saturated heterocycles. The number of hydrogen-bond donors (Lipinski definition) is 2. The van der Waals surface area contributed by atoms with Crippen molar-refractivity contribution in [3.05, 3.63) is 46.5 Å². The van der Waals surface area contributed by atoms with Crippen molar-refractivity contribution in [1.82, 2.24) is 5.32 Å². The van der Waals surface area contributed by atoms with Crippen molar-refractivity contribution in [2.45, 2.75) is 89.6 Å². The van der Waals surface area contributed by atoms with E-state index in [0.29, 0.717) is 17.9 Å². The predicted molar refractivity (Wildman–Crippen MR) is 164 cm³/mol. The minimum atomic E-state index is -1.77. The second-order valence-electron chi connectivity index (χ2n) is 12.4. The first kappa shape index (κ1) is 33.8. The predicted octanol–water partition coefficient (Wildman–Crippen LogP) is 4.32. The van der Waals surface area contributed by atoms with Crippen LogP contribution in [-0.2, 0) is 35.0 Å². The number of nitrogens with zero attached hydrogens (tertiary/aromatic N) is 1. The number of aliphatic hydroxyl groups is 1. The summed E-state index contributed by atoms with van der Waals surface area (Å²) in [6.45, 7) is 8.95. The standard InChI is InChI=1S/C32H43ClN2O9/c1-17(2)29(37)43-25-15-26(36)35(6)21-13-20(14-22(40-7)27(21)33)12-18(3)10-9-11-24(41-8)32(39)16-23(42-30(38)34-32)19(4)28-31(25,5)44-28/h9-11,13-14,17,19,23-25,28,39H,12,15-16H2,1-8H3,(H,34,38)/b11-9+,18-10+/t19-,23?,24-,25+,28?,31+,32+/m1/s1. The van der Waals surface area contributed by atoms with Gasteiger partial charge in [-0.3, -0.25) is 14.9 Å². The van der Waals surface area contributed by atoms with E-state index >= 15 is 0 Å². The number of epoxide rings is 1. The van der Waals surface area contributed by atoms with E-state index in [0.717, 1.165) is 11.1 Å². The van der Waals surface area contributed by atoms with Crippen molar-refractivity contribution >= 4 is 35.3 Å². The number of esters is 1. The molecule has 2 unspecified atom stereocenters. The Balaban J connectivity index is 1.80. The number of carbonyl (C=O) groups excluding carboxylic acids is 3. The largest absolute Gasteiger partial charge is 0.495 e. The van der Waals surface area contributed by atoms with Crippen LogP contribution in [-0.4, -0.2) is 80.1 Å². The molecule has 2 fully saturated rings. The highest BCUT2D eigenvalue weighted by molar-refractivity contribution is 6.35. The van der Waals surface area contributed by atoms with Gasteiger partial charge in [-0.05, 0) is 38.0 Å². The summed E-state index contributed by atoms with van der Waals surface area (Å²) in [5.74, 6) is -1.30. The number of amides is 2. The van der Waals surface area contributed by atoms with Gasteiger partial charge in [0.05, 0.1) is 31.2 Å². The van der Waals surface area contributed by atoms with E-state index in [9.17, 15) is 19.5 Å². The molecular weight excluding hydrogens is 592 g/mol. The third-order valence-corrected chi connectivity index (χ3v) is 9.06. The normalized spacial score (nSPS) is 34.7. The maximum Gasteiger partial charge on any atom is 0.409 e. The molecule has 3 aliphatic heterocycles. The zero-order valence-electron chi connectivity index (χ0n) is 26.5. The fourth-order valence-corrected chi connectivity index (χ4v) is 6.19. The highest BCUT2D eigenvalue weighted by Gasteiger charge is 2.64. The van der Waals surface area contributed by atoms with Gasteiger partial charge in [0, 0.05) is 26.5 Å². The van der Waals surface area contributed by atoms with Gasteiger partial charge in [-0.15, -0.1) is 0 Å². The zero-order chi connectivity index (χ0) is 32.6. The molecule has 0 radical (unpaired) electrons. The Bertz CT molecular complexity index is 1350. The molecule has 242 valence electrons. The Kier molecular flexibility index (Phi) is 10.0. The number of rotatable bonds is 4. The van der Waals surface area contributed by atoms with E-state index in [1.54, 1.807) is 40.0 Å². The molecule has 2 amide bonds. The van der Waals surface area contributed by atoms with Crippen LogP contribution in [0.3, 0.4) is 0 Å². The lowest BCUT2D eigenvalue weighted by Crippen LogP contribution is -2.63. The Labute approximate surface area is 263 Å². The van der Waals surface area contributed by atoms with Crippen molar-refractivity contribution in [2.75, 3.05) is 26.2 Å². The molecule has 0 saturated carbocycles. The molecule has 44 heavy (non-hydrogen) atoms. The molecule has 3 heterocycles. The summed E-state index contributed by atoms with van der Waals surface area (Å²) in [6.07, 6.45) is 1.65. The second-order valence-corrected chi connectivity index (χ2v) is 12.8. The number of anilines is 1. The lowest BCUT2D eigenvalue weighted by molar-refractivity contribution is -0.157. The van der Waals surface area contributed by atoms with Crippen LogP contribution in [0.1, 0.15) is 53.0 Å². The van der Waals surface area contributed by atoms with E-state index < -0.39 is 59.6 Å². The summed E-state index contributed by atoms with van der Waals surface area (Å²) >= 11 is 6.68. The monoisotopic (exact) mass is 634 g/mol. The topological polar surface area (TPSA) is 136 Å². The van der Waals surface area contributed by atoms with Crippen LogP contribution in [0, 0.1) is 11.8 Å². The first-order chi connectivity index (χ1) is 20.6. The number of allylic oxidation sites excluding steroid dienone is 3. The number of fused-ring (bicyclic) bond motifs is 5. The van der Waals surface area contributed by atoms with Gasteiger partial charge >= 0.3 is 12.1 Å². The summed E-state index contributed by atoms with van der Waals surface area (Å²) in [5.41, 5.74) is -0.587. The molecule has 0 aromatic heterocycles. The molecule has 4 rings (SSSR count). The Morgan fingerprint density at radius 2 is 1.95 bits per heavy atom. The van der Waals surface area contributed by atoms with Crippen LogP contribution >= 0.6 is 11.6 Å². The van der Waals surface area contributed by atoms with Crippen molar-refractivity contribution in [3.63, 3.8) is 0 Å². The molecule has 7 atom stereocenters. The minimum Gasteiger partial charge on any atom is -0.495 e. The smallest absolute Gasteiger partial charge is 0.409 e. The van der Waals surface area contributed by atoms with Crippen LogP contribution in [0.4, 0.5) is 10.5 Å². The van der Waals surface area contributed by atoms with Gasteiger partial charge in [0.1, 0.15) is 34.7 Å². The lowest BCUT2D eigenvalue weighted by Gasteiger charge is -2.42. The molecule has 1 aromatic rings. The number of alkyl carbamates (subject to hydrolysis) is 1. The molecule has 4 bridgehead atoms. The van der Waals surface area contributed by atoms with E-state index in [2.05, 4.69) is 5.32 Å². The molecule has 2 N–H and O–H groups in total. The van der Waals surface area contributed by atoms with Crippen LogP contribution in [0.15, 0.2) is 35.9 Å². The number of hydrogen-bond acceptors (Lipinski definition) is 9. The summed E-state index contributed by atoms with van der Waals surface area (Å²) in [4.78, 5) is 40.7. The fraction of sp³-hybridized carbons (Fsp3) is 0.594. The number of carbonyl (C=O) groups is 3. The molecule has 11 nitrogen and oxygen atoms in total. The first-order valence-electron chi connectivity index (χ1n) is 14.7. The minimum absolute atomic E-state index is 0.00361. The lowest BCUT2D eigenvalue weighted by atomic mass is 9.83. The quantitative estimate of drug-likeness (QED) is 0.366. The van der Waals surface area contributed by atoms with Crippen molar-refractivity contribution in [2.24, 2.45) is 11.8 Å². The number of nitrogens with one attached hydrogen (secondary N) is 1. The Hall–Kier alpha value is -3.12. The molecule has 0 spiro atoms. The van der Waals surface area contributed by atoms with Gasteiger partial charge in [-0.25, -0.2) is 4.79 Å². The highest BCUT2D eigenvalue weighted by atomic mass is 35.5. The average molecular weight is 635 g/mol. The van der Waals surface area contributed by atoms with Crippen LogP contribution in [0.5, 0.6) is 5.75 Å². The van der Waals surface area contributed by atoms with Crippen LogP contribution in [0.25, 0.3) is 0 Å². The summed E-state index contributed by atoms with van der Waals surface area (Å²) in [5, 5.41) is 14.4. The van der Waals surface area contributed by atoms with Gasteiger partial charge in [0.2, 0.25) is 5.91 Å². The molecule has 12 heteroatoms. The summed E-state index contributed by atoms with van der Waals surface area (Å²) in [6, 6.07) is 3.63. The van der Waals surface area contributed by atoms with E-state index in [4.69, 9.17) is 35.3 Å². The highest BCUT2D eigenvalue weighted by Crippen LogP contribution is 2.49. The van der Waals surface area contributed by atoms with E-state index in [1.807, 2.05) is 32.1 Å². The maximum absolute atomic E-state index is 13.8. The van der Waals surface area contributed by atoms with Gasteiger partial charge < -0.3 is 33.7 Å². The number of methoxy groups -OCH3 is 2. The van der Waals surface area contributed by atoms with Crippen LogP contribution < -0.4 is 15.0 Å². The second kappa shape index (κ2) is 13.1. The third-order valence-electron chi connectivity index (χ3n) is 8.68. The maximum atomic E-state index is 13.8. The van der Waals surface area contributed by atoms with Gasteiger partial charge in [0.25, 0.3) is 0 Å². The molecule has 3 aliphatic rings. The SMILES string of the molecule is COc1cc2cc(c1Cl)N(C)C(=O)C[C@H](OC(=O)C(C)C)[C@]1(C)OC1[C@H](C)C1C[C@@](O)(NC(=O)O1)[C@H](OC)/C=C/C=C(\C)C2. The fourth-order valence-electron chi connectivity index (χ4n) is 5.88. The first-order valence-corrected chi connectivity index (χ1v) is 15.1.